The van der Waals surface area contributed by atoms with Crippen LogP contribution < -0.4 is 11.1 Å². The van der Waals surface area contributed by atoms with Crippen molar-refractivity contribution in [1.82, 2.24) is 10.3 Å². The Morgan fingerprint density at radius 1 is 1.18 bits per heavy atom. The summed E-state index contributed by atoms with van der Waals surface area (Å²) in [5, 5.41) is 2.85. The van der Waals surface area contributed by atoms with Crippen LogP contribution in [0.4, 0.5) is 0 Å². The maximum Gasteiger partial charge on any atom is 0.267 e. The van der Waals surface area contributed by atoms with Gasteiger partial charge < -0.3 is 16.0 Å². The Hall–Kier alpha value is -2.07. The molecule has 0 radical (unpaired) electrons. The molecule has 4 nitrogen and oxygen atoms in total. The second kappa shape index (κ2) is 5.32. The zero-order valence-corrected chi connectivity index (χ0v) is 9.44. The van der Waals surface area contributed by atoms with Crippen molar-refractivity contribution in [1.29, 1.82) is 0 Å². The lowest BCUT2D eigenvalue weighted by Gasteiger charge is -2.08. The minimum absolute atomic E-state index is 0.109. The first kappa shape index (κ1) is 11.4. The van der Waals surface area contributed by atoms with E-state index in [0.29, 0.717) is 18.8 Å². The standard InChI is InChI=1S/C13H15N3O/c14-8-10-4-1-2-5-11(10)9-16-13(17)12-6-3-7-15-12/h1-7,15H,8-9,14H2,(H,16,17). The average Bonchev–Trinajstić information content (AvgIpc) is 2.90. The zero-order valence-electron chi connectivity index (χ0n) is 9.44. The Kier molecular flexibility index (Phi) is 3.57. The fourth-order valence-electron chi connectivity index (χ4n) is 1.67. The molecular weight excluding hydrogens is 214 g/mol. The molecule has 1 amide bonds. The minimum Gasteiger partial charge on any atom is -0.357 e. The summed E-state index contributed by atoms with van der Waals surface area (Å²) in [6, 6.07) is 11.4. The van der Waals surface area contributed by atoms with Crippen LogP contribution in [-0.2, 0) is 13.1 Å². The molecular formula is C13H15N3O. The first-order valence-corrected chi connectivity index (χ1v) is 5.49. The molecule has 1 aromatic carbocycles. The van der Waals surface area contributed by atoms with Gasteiger partial charge in [-0.25, -0.2) is 0 Å². The molecule has 0 aliphatic rings. The summed E-state index contributed by atoms with van der Waals surface area (Å²) in [7, 11) is 0. The molecule has 0 fully saturated rings. The molecule has 0 aliphatic carbocycles. The molecule has 1 heterocycles. The van der Waals surface area contributed by atoms with Gasteiger partial charge in [0.05, 0.1) is 0 Å². The van der Waals surface area contributed by atoms with E-state index in [4.69, 9.17) is 5.73 Å². The minimum atomic E-state index is -0.109. The highest BCUT2D eigenvalue weighted by atomic mass is 16.1. The maximum atomic E-state index is 11.7. The first-order valence-electron chi connectivity index (χ1n) is 5.49. The van der Waals surface area contributed by atoms with Crippen LogP contribution in [0.2, 0.25) is 0 Å². The van der Waals surface area contributed by atoms with Crippen LogP contribution in [0.15, 0.2) is 42.6 Å². The van der Waals surface area contributed by atoms with Crippen molar-refractivity contribution < 1.29 is 4.79 Å². The molecule has 17 heavy (non-hydrogen) atoms. The highest BCUT2D eigenvalue weighted by Crippen LogP contribution is 2.07. The van der Waals surface area contributed by atoms with Crippen LogP contribution in [-0.4, -0.2) is 10.9 Å². The van der Waals surface area contributed by atoms with Crippen molar-refractivity contribution in [2.24, 2.45) is 5.73 Å². The van der Waals surface area contributed by atoms with Crippen molar-refractivity contribution in [3.8, 4) is 0 Å². The molecule has 0 bridgehead atoms. The van der Waals surface area contributed by atoms with Crippen LogP contribution >= 0.6 is 0 Å². The van der Waals surface area contributed by atoms with E-state index in [2.05, 4.69) is 10.3 Å². The van der Waals surface area contributed by atoms with Gasteiger partial charge in [-0.1, -0.05) is 24.3 Å². The van der Waals surface area contributed by atoms with E-state index in [1.54, 1.807) is 18.3 Å². The molecule has 4 heteroatoms. The van der Waals surface area contributed by atoms with Gasteiger partial charge in [0.1, 0.15) is 5.69 Å². The smallest absolute Gasteiger partial charge is 0.267 e. The Morgan fingerprint density at radius 2 is 1.94 bits per heavy atom. The largest absolute Gasteiger partial charge is 0.357 e. The number of nitrogens with one attached hydrogen (secondary N) is 2. The summed E-state index contributed by atoms with van der Waals surface area (Å²) >= 11 is 0. The van der Waals surface area contributed by atoms with Gasteiger partial charge in [-0.15, -0.1) is 0 Å². The summed E-state index contributed by atoms with van der Waals surface area (Å²) in [5.74, 6) is -0.109. The van der Waals surface area contributed by atoms with Crippen LogP contribution in [0.25, 0.3) is 0 Å². The van der Waals surface area contributed by atoms with E-state index < -0.39 is 0 Å². The topological polar surface area (TPSA) is 70.9 Å². The summed E-state index contributed by atoms with van der Waals surface area (Å²) in [4.78, 5) is 14.6. The molecule has 2 rings (SSSR count). The third-order valence-corrected chi connectivity index (χ3v) is 2.62. The van der Waals surface area contributed by atoms with E-state index in [-0.39, 0.29) is 5.91 Å². The molecule has 2 aromatic rings. The molecule has 0 saturated carbocycles. The number of H-pyrrole nitrogens is 1. The molecule has 0 aliphatic heterocycles. The summed E-state index contributed by atoms with van der Waals surface area (Å²) in [6.45, 7) is 0.972. The Morgan fingerprint density at radius 3 is 2.59 bits per heavy atom. The number of carbonyl (C=O) groups excluding carboxylic acids is 1. The van der Waals surface area contributed by atoms with Crippen LogP contribution in [0.3, 0.4) is 0 Å². The van der Waals surface area contributed by atoms with E-state index in [1.165, 1.54) is 0 Å². The van der Waals surface area contributed by atoms with Crippen molar-refractivity contribution in [2.45, 2.75) is 13.1 Å². The second-order valence-electron chi connectivity index (χ2n) is 3.74. The molecule has 0 unspecified atom stereocenters. The number of rotatable bonds is 4. The fourth-order valence-corrected chi connectivity index (χ4v) is 1.67. The number of carbonyl (C=O) groups is 1. The average molecular weight is 229 g/mol. The number of nitrogens with two attached hydrogens (primary N) is 1. The van der Waals surface area contributed by atoms with E-state index >= 15 is 0 Å². The third kappa shape index (κ3) is 2.73. The van der Waals surface area contributed by atoms with Gasteiger partial charge in [-0.3, -0.25) is 4.79 Å². The van der Waals surface area contributed by atoms with Gasteiger partial charge in [-0.05, 0) is 23.3 Å². The van der Waals surface area contributed by atoms with Gasteiger partial charge in [0.2, 0.25) is 0 Å². The number of aromatic nitrogens is 1. The predicted octanol–water partition coefficient (Wildman–Crippen LogP) is 1.40. The zero-order chi connectivity index (χ0) is 12.1. The van der Waals surface area contributed by atoms with E-state index in [9.17, 15) is 4.79 Å². The van der Waals surface area contributed by atoms with Gasteiger partial charge in [0.25, 0.3) is 5.91 Å². The van der Waals surface area contributed by atoms with Crippen LogP contribution in [0.1, 0.15) is 21.6 Å². The normalized spacial score (nSPS) is 10.2. The summed E-state index contributed by atoms with van der Waals surface area (Å²) < 4.78 is 0. The summed E-state index contributed by atoms with van der Waals surface area (Å²) in [6.07, 6.45) is 1.72. The molecule has 0 spiro atoms. The highest BCUT2D eigenvalue weighted by Gasteiger charge is 2.06. The Bertz CT molecular complexity index is 491. The molecule has 1 aromatic heterocycles. The van der Waals surface area contributed by atoms with Crippen molar-refractivity contribution >= 4 is 5.91 Å². The van der Waals surface area contributed by atoms with Gasteiger partial charge in [0.15, 0.2) is 0 Å². The Labute approximate surface area is 99.8 Å². The second-order valence-corrected chi connectivity index (χ2v) is 3.74. The van der Waals surface area contributed by atoms with E-state index in [0.717, 1.165) is 11.1 Å². The van der Waals surface area contributed by atoms with Gasteiger partial charge in [0, 0.05) is 19.3 Å². The van der Waals surface area contributed by atoms with Gasteiger partial charge in [-0.2, -0.15) is 0 Å². The van der Waals surface area contributed by atoms with Crippen molar-refractivity contribution in [3.05, 3.63) is 59.4 Å². The molecule has 4 N–H and O–H groups in total. The predicted molar refractivity (Wildman–Crippen MR) is 66.3 cm³/mol. The molecule has 0 saturated heterocycles. The lowest BCUT2D eigenvalue weighted by Crippen LogP contribution is -2.23. The number of benzene rings is 1. The lowest BCUT2D eigenvalue weighted by molar-refractivity contribution is 0.0946. The van der Waals surface area contributed by atoms with Crippen LogP contribution in [0, 0.1) is 0 Å². The third-order valence-electron chi connectivity index (χ3n) is 2.62. The number of hydrogen-bond acceptors (Lipinski definition) is 2. The van der Waals surface area contributed by atoms with Gasteiger partial charge >= 0.3 is 0 Å². The lowest BCUT2D eigenvalue weighted by atomic mass is 10.1. The van der Waals surface area contributed by atoms with Crippen molar-refractivity contribution in [3.63, 3.8) is 0 Å². The highest BCUT2D eigenvalue weighted by molar-refractivity contribution is 5.92. The maximum absolute atomic E-state index is 11.7. The number of aromatic amines is 1. The summed E-state index contributed by atoms with van der Waals surface area (Å²) in [5.41, 5.74) is 8.30. The quantitative estimate of drug-likeness (QED) is 0.741. The van der Waals surface area contributed by atoms with E-state index in [1.807, 2.05) is 24.3 Å². The molecule has 0 atom stereocenters. The van der Waals surface area contributed by atoms with Crippen LogP contribution in [0.5, 0.6) is 0 Å². The molecule has 88 valence electrons. The Balaban J connectivity index is 2.00. The van der Waals surface area contributed by atoms with Crippen molar-refractivity contribution in [2.75, 3.05) is 0 Å². The monoisotopic (exact) mass is 229 g/mol. The fraction of sp³-hybridized carbons (Fsp3) is 0.154. The first-order chi connectivity index (χ1) is 8.31. The number of amides is 1. The number of hydrogen-bond donors (Lipinski definition) is 3. The SMILES string of the molecule is NCc1ccccc1CNC(=O)c1ccc[nH]1.